The molecule has 4 rings (SSSR count). The minimum Gasteiger partial charge on any atom is -0.495 e. The summed E-state index contributed by atoms with van der Waals surface area (Å²) in [6, 6.07) is 23.0. The number of nitro groups is 1. The molecule has 264 valence electrons. The molecule has 0 saturated carbocycles. The Morgan fingerprint density at radius 3 is 2.34 bits per heavy atom. The number of nitro benzene ring substituents is 1. The zero-order valence-electron chi connectivity index (χ0n) is 28.0. The Morgan fingerprint density at radius 1 is 1.00 bits per heavy atom. The first-order valence-electron chi connectivity index (χ1n) is 15.7. The summed E-state index contributed by atoms with van der Waals surface area (Å²) in [6.07, 6.45) is 0.785. The number of hydrogen-bond donors (Lipinski definition) is 1. The van der Waals surface area contributed by atoms with Crippen LogP contribution < -0.4 is 14.4 Å². The van der Waals surface area contributed by atoms with Crippen molar-refractivity contribution in [3.63, 3.8) is 0 Å². The second-order valence-corrected chi connectivity index (χ2v) is 14.9. The summed E-state index contributed by atoms with van der Waals surface area (Å²) >= 11 is 9.82. The van der Waals surface area contributed by atoms with Crippen LogP contribution in [0.2, 0.25) is 5.02 Å². The number of carbonyl (C=O) groups excluding carboxylic acids is 2. The molecule has 11 nitrogen and oxygen atoms in total. The highest BCUT2D eigenvalue weighted by Gasteiger charge is 2.36. The molecule has 0 bridgehead atoms. The molecule has 50 heavy (non-hydrogen) atoms. The largest absolute Gasteiger partial charge is 0.495 e. The fourth-order valence-corrected chi connectivity index (χ4v) is 7.32. The Kier molecular flexibility index (Phi) is 13.0. The molecule has 0 heterocycles. The number of nitrogens with zero attached hydrogens (tertiary/aromatic N) is 3. The molecule has 0 saturated heterocycles. The zero-order valence-corrected chi connectivity index (χ0v) is 31.2. The normalized spacial score (nSPS) is 12.4. The van der Waals surface area contributed by atoms with E-state index in [1.807, 2.05) is 56.3 Å². The monoisotopic (exact) mass is 784 g/mol. The van der Waals surface area contributed by atoms with E-state index in [4.69, 9.17) is 16.3 Å². The first-order chi connectivity index (χ1) is 23.7. The third kappa shape index (κ3) is 9.40. The van der Waals surface area contributed by atoms with Gasteiger partial charge in [0.2, 0.25) is 11.8 Å². The molecule has 1 N–H and O–H groups in total. The lowest BCUT2D eigenvalue weighted by atomic mass is 10.0. The van der Waals surface area contributed by atoms with E-state index in [9.17, 15) is 28.1 Å². The van der Waals surface area contributed by atoms with E-state index < -0.39 is 49.9 Å². The number of methoxy groups -OCH3 is 1. The van der Waals surface area contributed by atoms with Gasteiger partial charge < -0.3 is 15.0 Å². The van der Waals surface area contributed by atoms with Crippen LogP contribution in [0.5, 0.6) is 5.75 Å². The molecule has 2 unspecified atom stereocenters. The molecule has 0 radical (unpaired) electrons. The van der Waals surface area contributed by atoms with E-state index in [0.717, 1.165) is 20.4 Å². The van der Waals surface area contributed by atoms with Crippen LogP contribution in [0.4, 0.5) is 11.4 Å². The van der Waals surface area contributed by atoms with Crippen LogP contribution in [-0.2, 0) is 32.6 Å². The number of carbonyl (C=O) groups is 2. The van der Waals surface area contributed by atoms with Gasteiger partial charge in [0.05, 0.1) is 22.6 Å². The Balaban J connectivity index is 1.90. The lowest BCUT2D eigenvalue weighted by molar-refractivity contribution is -0.385. The fraction of sp³-hybridized carbons (Fsp3) is 0.278. The van der Waals surface area contributed by atoms with E-state index in [1.165, 1.54) is 49.3 Å². The lowest BCUT2D eigenvalue weighted by Gasteiger charge is -2.34. The molecule has 2 amide bonds. The van der Waals surface area contributed by atoms with E-state index >= 15 is 0 Å². The van der Waals surface area contributed by atoms with Crippen molar-refractivity contribution >= 4 is 60.7 Å². The van der Waals surface area contributed by atoms with Crippen LogP contribution in [-0.4, -0.2) is 55.8 Å². The number of halogens is 2. The van der Waals surface area contributed by atoms with Crippen molar-refractivity contribution < 1.29 is 27.7 Å². The number of aryl methyl sites for hydroxylation is 1. The molecule has 0 aliphatic heterocycles. The number of hydrogen-bond acceptors (Lipinski definition) is 7. The maximum atomic E-state index is 14.7. The molecule has 0 aliphatic rings. The summed E-state index contributed by atoms with van der Waals surface area (Å²) in [4.78, 5) is 40.8. The fourth-order valence-electron chi connectivity index (χ4n) is 5.27. The Morgan fingerprint density at radius 2 is 1.70 bits per heavy atom. The predicted molar refractivity (Wildman–Crippen MR) is 197 cm³/mol. The lowest BCUT2D eigenvalue weighted by Crippen LogP contribution is -2.54. The molecule has 4 aromatic rings. The minimum absolute atomic E-state index is 0.0414. The van der Waals surface area contributed by atoms with Gasteiger partial charge in [-0.1, -0.05) is 83.0 Å². The van der Waals surface area contributed by atoms with Crippen LogP contribution in [0, 0.1) is 17.0 Å². The average molecular weight is 786 g/mol. The van der Waals surface area contributed by atoms with Crippen molar-refractivity contribution in [2.24, 2.45) is 0 Å². The Bertz CT molecular complexity index is 1960. The Hall–Kier alpha value is -4.46. The number of amides is 2. The van der Waals surface area contributed by atoms with Gasteiger partial charge in [-0.05, 0) is 67.8 Å². The average Bonchev–Trinajstić information content (AvgIpc) is 3.08. The van der Waals surface area contributed by atoms with Gasteiger partial charge >= 0.3 is 0 Å². The van der Waals surface area contributed by atoms with Crippen LogP contribution in [0.3, 0.4) is 0 Å². The van der Waals surface area contributed by atoms with E-state index in [0.29, 0.717) is 12.0 Å². The standard InChI is InChI=1S/C36H38BrClN4O7S/c1-5-25(3)39-36(44)33(19-26-10-7-6-8-11-26)40(22-27-12-9-13-28(37)18-27)35(43)23-41(32-20-29(38)15-17-34(32)49-4)50(47,48)30-16-14-24(2)31(21-30)42(45)46/h6-18,20-21,25,33H,5,19,22-23H2,1-4H3,(H,39,44). The molecule has 0 fully saturated rings. The summed E-state index contributed by atoms with van der Waals surface area (Å²) < 4.78 is 36.0. The molecule has 4 aromatic carbocycles. The molecule has 2 atom stereocenters. The van der Waals surface area contributed by atoms with Crippen molar-refractivity contribution in [3.05, 3.63) is 127 Å². The van der Waals surface area contributed by atoms with Crippen molar-refractivity contribution in [1.29, 1.82) is 0 Å². The quantitative estimate of drug-likeness (QED) is 0.100. The molecule has 14 heteroatoms. The summed E-state index contributed by atoms with van der Waals surface area (Å²) in [6.45, 7) is 4.44. The number of nitrogens with one attached hydrogen (secondary N) is 1. The maximum absolute atomic E-state index is 14.7. The van der Waals surface area contributed by atoms with E-state index in [1.54, 1.807) is 12.1 Å². The van der Waals surface area contributed by atoms with Gasteiger partial charge in [0.1, 0.15) is 18.3 Å². The van der Waals surface area contributed by atoms with Crippen molar-refractivity contribution in [1.82, 2.24) is 10.2 Å². The van der Waals surface area contributed by atoms with E-state index in [-0.39, 0.29) is 41.0 Å². The zero-order chi connectivity index (χ0) is 36.6. The van der Waals surface area contributed by atoms with Gasteiger partial charge in [0.15, 0.2) is 0 Å². The number of ether oxygens (including phenoxy) is 1. The highest BCUT2D eigenvalue weighted by atomic mass is 79.9. The summed E-state index contributed by atoms with van der Waals surface area (Å²) in [5, 5.41) is 14.9. The molecule has 0 aliphatic carbocycles. The van der Waals surface area contributed by atoms with Gasteiger partial charge in [-0.2, -0.15) is 0 Å². The molecule has 0 aromatic heterocycles. The highest BCUT2D eigenvalue weighted by molar-refractivity contribution is 9.10. The minimum atomic E-state index is -4.68. The number of rotatable bonds is 15. The van der Waals surface area contributed by atoms with Crippen molar-refractivity contribution in [3.8, 4) is 5.75 Å². The van der Waals surface area contributed by atoms with Gasteiger partial charge in [0, 0.05) is 40.1 Å². The maximum Gasteiger partial charge on any atom is 0.273 e. The van der Waals surface area contributed by atoms with E-state index in [2.05, 4.69) is 21.2 Å². The number of sulfonamides is 1. The van der Waals surface area contributed by atoms with Crippen LogP contribution in [0.1, 0.15) is 37.0 Å². The van der Waals surface area contributed by atoms with Gasteiger partial charge in [-0.25, -0.2) is 8.42 Å². The summed E-state index contributed by atoms with van der Waals surface area (Å²) in [5.41, 5.74) is 1.26. The SMILES string of the molecule is CCC(C)NC(=O)C(Cc1ccccc1)N(Cc1cccc(Br)c1)C(=O)CN(c1cc(Cl)ccc1OC)S(=O)(=O)c1ccc(C)c([N+](=O)[O-])c1. The van der Waals surface area contributed by atoms with Crippen LogP contribution in [0.15, 0.2) is 100 Å². The summed E-state index contributed by atoms with van der Waals surface area (Å²) in [7, 11) is -3.34. The second kappa shape index (κ2) is 17.0. The van der Waals surface area contributed by atoms with Gasteiger partial charge in [-0.15, -0.1) is 0 Å². The third-order valence-corrected chi connectivity index (χ3v) is 10.7. The smallest absolute Gasteiger partial charge is 0.273 e. The van der Waals surface area contributed by atoms with Crippen LogP contribution >= 0.6 is 27.5 Å². The first kappa shape index (κ1) is 38.3. The van der Waals surface area contributed by atoms with Crippen LogP contribution in [0.25, 0.3) is 0 Å². The Labute approximate surface area is 305 Å². The number of anilines is 1. The first-order valence-corrected chi connectivity index (χ1v) is 18.4. The van der Waals surface area contributed by atoms with Gasteiger partial charge in [-0.3, -0.25) is 24.0 Å². The molecular weight excluding hydrogens is 748 g/mol. The second-order valence-electron chi connectivity index (χ2n) is 11.7. The topological polar surface area (TPSA) is 139 Å². The highest BCUT2D eigenvalue weighted by Crippen LogP contribution is 2.36. The van der Waals surface area contributed by atoms with Crippen molar-refractivity contribution in [2.45, 2.75) is 57.1 Å². The van der Waals surface area contributed by atoms with Crippen molar-refractivity contribution in [2.75, 3.05) is 18.0 Å². The summed E-state index contributed by atoms with van der Waals surface area (Å²) in [5.74, 6) is -1.03. The van der Waals surface area contributed by atoms with Gasteiger partial charge in [0.25, 0.3) is 15.7 Å². The number of benzene rings is 4. The molecular formula is C36H38BrClN4O7S. The predicted octanol–water partition coefficient (Wildman–Crippen LogP) is 7.08. The molecule has 0 spiro atoms. The third-order valence-electron chi connectivity index (χ3n) is 8.17.